The first-order chi connectivity index (χ1) is 12.5. The number of aryl methyl sites for hydroxylation is 1. The van der Waals surface area contributed by atoms with Crippen molar-refractivity contribution in [2.24, 2.45) is 11.3 Å². The summed E-state index contributed by atoms with van der Waals surface area (Å²) in [5.74, 6) is 1.18. The van der Waals surface area contributed by atoms with Gasteiger partial charge in [0.05, 0.1) is 0 Å². The number of aromatic amines is 1. The molecule has 1 aliphatic carbocycles. The van der Waals surface area contributed by atoms with Crippen molar-refractivity contribution in [2.45, 2.75) is 45.4 Å². The third kappa shape index (κ3) is 3.39. The molecular formula is C19H26N4O3. The summed E-state index contributed by atoms with van der Waals surface area (Å²) in [5.41, 5.74) is -0.299. The smallest absolute Gasteiger partial charge is 0.263 e. The van der Waals surface area contributed by atoms with Crippen LogP contribution in [0.2, 0.25) is 0 Å². The molecule has 3 aliphatic rings. The quantitative estimate of drug-likeness (QED) is 0.883. The molecule has 1 aromatic heterocycles. The SMILES string of the molecule is Cc1ncc(C(=O)N2CCC[C@]3(CCC(=O)N(CC4CC4)C3)C2)c(=O)[nH]1. The van der Waals surface area contributed by atoms with Crippen molar-refractivity contribution < 1.29 is 9.59 Å². The molecular weight excluding hydrogens is 332 g/mol. The molecule has 2 amide bonds. The molecule has 3 fully saturated rings. The van der Waals surface area contributed by atoms with E-state index in [0.717, 1.165) is 32.4 Å². The first-order valence-electron chi connectivity index (χ1n) is 9.59. The monoisotopic (exact) mass is 358 g/mol. The van der Waals surface area contributed by atoms with E-state index in [1.807, 2.05) is 4.90 Å². The van der Waals surface area contributed by atoms with Gasteiger partial charge in [-0.3, -0.25) is 14.4 Å². The maximum Gasteiger partial charge on any atom is 0.263 e. The van der Waals surface area contributed by atoms with Gasteiger partial charge >= 0.3 is 0 Å². The number of carbonyl (C=O) groups excluding carboxylic acids is 2. The van der Waals surface area contributed by atoms with Gasteiger partial charge in [0.15, 0.2) is 0 Å². The van der Waals surface area contributed by atoms with Crippen molar-refractivity contribution >= 4 is 11.8 Å². The lowest BCUT2D eigenvalue weighted by Gasteiger charge is -2.48. The standard InChI is InChI=1S/C19H26N4O3/c1-13-20-9-15(17(25)21-13)18(26)22-8-2-6-19(11-22)7-5-16(24)23(12-19)10-14-3-4-14/h9,14H,2-8,10-12H2,1H3,(H,20,21,25)/t19-/m0/s1. The zero-order valence-electron chi connectivity index (χ0n) is 15.3. The van der Waals surface area contributed by atoms with Gasteiger partial charge in [-0.15, -0.1) is 0 Å². The molecule has 0 aromatic carbocycles. The van der Waals surface area contributed by atoms with Crippen LogP contribution in [0.3, 0.4) is 0 Å². The molecule has 7 nitrogen and oxygen atoms in total. The molecule has 0 bridgehead atoms. The van der Waals surface area contributed by atoms with E-state index in [1.54, 1.807) is 11.8 Å². The molecule has 1 N–H and O–H groups in total. The van der Waals surface area contributed by atoms with E-state index in [9.17, 15) is 14.4 Å². The van der Waals surface area contributed by atoms with Gasteiger partial charge in [0.1, 0.15) is 11.4 Å². The third-order valence-corrected chi connectivity index (χ3v) is 6.03. The second kappa shape index (κ2) is 6.52. The summed E-state index contributed by atoms with van der Waals surface area (Å²) in [4.78, 5) is 47.8. The summed E-state index contributed by atoms with van der Waals surface area (Å²) < 4.78 is 0. The number of nitrogens with one attached hydrogen (secondary N) is 1. The van der Waals surface area contributed by atoms with Crippen LogP contribution in [0.15, 0.2) is 11.0 Å². The Morgan fingerprint density at radius 2 is 2.12 bits per heavy atom. The van der Waals surface area contributed by atoms with E-state index in [2.05, 4.69) is 9.97 Å². The summed E-state index contributed by atoms with van der Waals surface area (Å²) in [7, 11) is 0. The van der Waals surface area contributed by atoms with E-state index in [-0.39, 0.29) is 28.4 Å². The van der Waals surface area contributed by atoms with Gasteiger partial charge < -0.3 is 14.8 Å². The van der Waals surface area contributed by atoms with Crippen molar-refractivity contribution in [3.63, 3.8) is 0 Å². The Bertz CT molecular complexity index is 785. The largest absolute Gasteiger partial charge is 0.342 e. The lowest BCUT2D eigenvalue weighted by Crippen LogP contribution is -2.55. The fraction of sp³-hybridized carbons (Fsp3) is 0.684. The van der Waals surface area contributed by atoms with Crippen LogP contribution in [0.25, 0.3) is 0 Å². The normalized spacial score (nSPS) is 26.4. The molecule has 0 unspecified atom stereocenters. The van der Waals surface area contributed by atoms with E-state index in [1.165, 1.54) is 19.0 Å². The van der Waals surface area contributed by atoms with Gasteiger partial charge in [-0.1, -0.05) is 0 Å². The van der Waals surface area contributed by atoms with Gasteiger partial charge in [-0.25, -0.2) is 4.98 Å². The number of aromatic nitrogens is 2. The van der Waals surface area contributed by atoms with Crippen molar-refractivity contribution in [1.29, 1.82) is 0 Å². The Morgan fingerprint density at radius 1 is 1.31 bits per heavy atom. The summed E-state index contributed by atoms with van der Waals surface area (Å²) in [6.07, 6.45) is 7.18. The number of rotatable bonds is 3. The average molecular weight is 358 g/mol. The van der Waals surface area contributed by atoms with Gasteiger partial charge in [0.25, 0.3) is 11.5 Å². The van der Waals surface area contributed by atoms with Crippen LogP contribution in [0.5, 0.6) is 0 Å². The summed E-state index contributed by atoms with van der Waals surface area (Å²) in [6, 6.07) is 0. The molecule has 140 valence electrons. The zero-order chi connectivity index (χ0) is 18.3. The highest BCUT2D eigenvalue weighted by Crippen LogP contribution is 2.40. The van der Waals surface area contributed by atoms with Crippen molar-refractivity contribution in [3.8, 4) is 0 Å². The Morgan fingerprint density at radius 3 is 2.85 bits per heavy atom. The van der Waals surface area contributed by atoms with Crippen LogP contribution in [0, 0.1) is 18.3 Å². The molecule has 2 saturated heterocycles. The first-order valence-corrected chi connectivity index (χ1v) is 9.59. The van der Waals surface area contributed by atoms with Crippen LogP contribution < -0.4 is 5.56 Å². The van der Waals surface area contributed by atoms with Gasteiger partial charge in [-0.05, 0) is 44.9 Å². The number of likely N-dealkylation sites (tertiary alicyclic amines) is 2. The summed E-state index contributed by atoms with van der Waals surface area (Å²) in [5, 5.41) is 0. The maximum absolute atomic E-state index is 12.9. The highest BCUT2D eigenvalue weighted by atomic mass is 16.2. The Balaban J connectivity index is 1.50. The summed E-state index contributed by atoms with van der Waals surface area (Å²) >= 11 is 0. The molecule has 0 radical (unpaired) electrons. The van der Waals surface area contributed by atoms with Crippen LogP contribution >= 0.6 is 0 Å². The molecule has 4 rings (SSSR count). The number of nitrogens with zero attached hydrogens (tertiary/aromatic N) is 3. The topological polar surface area (TPSA) is 86.4 Å². The number of hydrogen-bond acceptors (Lipinski definition) is 4. The Hall–Kier alpha value is -2.18. The van der Waals surface area contributed by atoms with Crippen molar-refractivity contribution in [1.82, 2.24) is 19.8 Å². The van der Waals surface area contributed by atoms with Crippen molar-refractivity contribution in [3.05, 3.63) is 27.9 Å². The van der Waals surface area contributed by atoms with Crippen LogP contribution in [0.4, 0.5) is 0 Å². The molecule has 1 spiro atoms. The predicted molar refractivity (Wildman–Crippen MR) is 95.7 cm³/mol. The predicted octanol–water partition coefficient (Wildman–Crippen LogP) is 1.33. The maximum atomic E-state index is 12.9. The molecule has 26 heavy (non-hydrogen) atoms. The molecule has 1 saturated carbocycles. The van der Waals surface area contributed by atoms with Crippen LogP contribution in [0.1, 0.15) is 54.7 Å². The number of carbonyl (C=O) groups is 2. The second-order valence-corrected chi connectivity index (χ2v) is 8.26. The first kappa shape index (κ1) is 17.2. The Labute approximate surface area is 152 Å². The van der Waals surface area contributed by atoms with E-state index in [4.69, 9.17) is 0 Å². The molecule has 3 heterocycles. The van der Waals surface area contributed by atoms with E-state index in [0.29, 0.717) is 31.3 Å². The molecule has 1 aromatic rings. The molecule has 1 atom stereocenters. The number of piperidine rings is 2. The number of hydrogen-bond donors (Lipinski definition) is 1. The highest BCUT2D eigenvalue weighted by molar-refractivity contribution is 5.93. The van der Waals surface area contributed by atoms with Crippen LogP contribution in [-0.4, -0.2) is 57.8 Å². The molecule has 7 heteroatoms. The number of H-pyrrole nitrogens is 1. The minimum absolute atomic E-state index is 0.0262. The van der Waals surface area contributed by atoms with Gasteiger partial charge in [0.2, 0.25) is 5.91 Å². The van der Waals surface area contributed by atoms with Gasteiger partial charge in [0, 0.05) is 44.2 Å². The summed E-state index contributed by atoms with van der Waals surface area (Å²) in [6.45, 7) is 4.59. The minimum atomic E-state index is -0.378. The minimum Gasteiger partial charge on any atom is -0.342 e. The highest BCUT2D eigenvalue weighted by Gasteiger charge is 2.44. The van der Waals surface area contributed by atoms with Crippen LogP contribution in [-0.2, 0) is 4.79 Å². The molecule has 2 aliphatic heterocycles. The number of amides is 2. The van der Waals surface area contributed by atoms with Crippen molar-refractivity contribution in [2.75, 3.05) is 26.2 Å². The lowest BCUT2D eigenvalue weighted by atomic mass is 9.73. The van der Waals surface area contributed by atoms with Gasteiger partial charge in [-0.2, -0.15) is 0 Å². The average Bonchev–Trinajstić information content (AvgIpc) is 3.42. The Kier molecular flexibility index (Phi) is 4.32. The lowest BCUT2D eigenvalue weighted by molar-refractivity contribution is -0.139. The fourth-order valence-electron chi connectivity index (χ4n) is 4.40. The zero-order valence-corrected chi connectivity index (χ0v) is 15.3. The van der Waals surface area contributed by atoms with E-state index >= 15 is 0 Å². The fourth-order valence-corrected chi connectivity index (χ4v) is 4.40. The second-order valence-electron chi connectivity index (χ2n) is 8.26. The third-order valence-electron chi connectivity index (χ3n) is 6.03. The van der Waals surface area contributed by atoms with E-state index < -0.39 is 0 Å².